The molecule has 42 heavy (non-hydrogen) atoms. The molecule has 2 saturated heterocycles. The van der Waals surface area contributed by atoms with Gasteiger partial charge in [0.2, 0.25) is 10.0 Å². The monoisotopic (exact) mass is 602 g/mol. The van der Waals surface area contributed by atoms with E-state index in [0.29, 0.717) is 33.6 Å². The number of carbonyl (C=O) groups is 1. The molecule has 1 amide bonds. The van der Waals surface area contributed by atoms with Crippen molar-refractivity contribution in [1.29, 1.82) is 0 Å². The number of rotatable bonds is 8. The van der Waals surface area contributed by atoms with Gasteiger partial charge in [-0.25, -0.2) is 21.9 Å². The zero-order chi connectivity index (χ0) is 29.7. The summed E-state index contributed by atoms with van der Waals surface area (Å²) in [5, 5.41) is 13.1. The molecule has 0 bridgehead atoms. The molecule has 9 nitrogen and oxygen atoms in total. The summed E-state index contributed by atoms with van der Waals surface area (Å²) in [6, 6.07) is 9.07. The molecule has 0 unspecified atom stereocenters. The largest absolute Gasteiger partial charge is 0.462 e. The molecule has 3 fully saturated rings. The Kier molecular flexibility index (Phi) is 7.43. The van der Waals surface area contributed by atoms with Gasteiger partial charge in [0.1, 0.15) is 0 Å². The van der Waals surface area contributed by atoms with Crippen LogP contribution in [0.4, 0.5) is 25.8 Å². The van der Waals surface area contributed by atoms with E-state index in [4.69, 9.17) is 4.42 Å². The minimum atomic E-state index is -3.93. The number of piperidine rings is 2. The quantitative estimate of drug-likeness (QED) is 0.334. The van der Waals surface area contributed by atoms with Crippen LogP contribution in [0, 0.1) is 5.41 Å². The first-order valence-corrected chi connectivity index (χ1v) is 15.9. The molecule has 12 heteroatoms. The maximum absolute atomic E-state index is 13.8. The lowest BCUT2D eigenvalue weighted by Crippen LogP contribution is -2.39. The number of nitrogens with one attached hydrogen (secondary N) is 2. The predicted octanol–water partition coefficient (Wildman–Crippen LogP) is 4.96. The number of benzene rings is 2. The van der Waals surface area contributed by atoms with E-state index in [1.54, 1.807) is 25.1 Å². The number of furan rings is 1. The van der Waals surface area contributed by atoms with Crippen LogP contribution in [0.3, 0.4) is 0 Å². The Balaban J connectivity index is 1.31. The lowest BCUT2D eigenvalue weighted by atomic mass is 9.93. The van der Waals surface area contributed by atoms with Crippen LogP contribution in [0.25, 0.3) is 11.0 Å². The van der Waals surface area contributed by atoms with Crippen LogP contribution >= 0.6 is 0 Å². The van der Waals surface area contributed by atoms with Crippen molar-refractivity contribution in [2.24, 2.45) is 5.41 Å². The van der Waals surface area contributed by atoms with Gasteiger partial charge in [0, 0.05) is 56.1 Å². The molecular formula is C30H36F2N4O5S. The predicted molar refractivity (Wildman–Crippen MR) is 157 cm³/mol. The SMILES string of the molecule is C[C@H](CO)NS(=O)(=O)c1ccc(C(=O)Nc2cc(N3CCC(F)(F)CC3)c3occc3c2)c(N2CCC3(CC2)CC3)c1. The molecule has 3 aliphatic rings. The van der Waals surface area contributed by atoms with Crippen LogP contribution in [0.5, 0.6) is 0 Å². The second-order valence-electron chi connectivity index (χ2n) is 12.0. The molecular weight excluding hydrogens is 566 g/mol. The van der Waals surface area contributed by atoms with E-state index >= 15 is 0 Å². The number of amides is 1. The van der Waals surface area contributed by atoms with Crippen LogP contribution in [0.15, 0.2) is 52.0 Å². The highest BCUT2D eigenvalue weighted by atomic mass is 32.2. The first-order valence-electron chi connectivity index (χ1n) is 14.5. The number of aliphatic hydroxyl groups excluding tert-OH is 1. The third-order valence-electron chi connectivity index (χ3n) is 8.90. The van der Waals surface area contributed by atoms with Crippen molar-refractivity contribution in [3.05, 3.63) is 48.2 Å². The van der Waals surface area contributed by atoms with Crippen molar-refractivity contribution in [2.75, 3.05) is 47.9 Å². The number of carbonyl (C=O) groups excluding carboxylic acids is 1. The molecule has 3 N–H and O–H groups in total. The molecule has 1 spiro atoms. The summed E-state index contributed by atoms with van der Waals surface area (Å²) in [4.78, 5) is 17.7. The second kappa shape index (κ2) is 10.8. The number of fused-ring (bicyclic) bond motifs is 1. The smallest absolute Gasteiger partial charge is 0.257 e. The Morgan fingerprint density at radius 3 is 2.31 bits per heavy atom. The minimum Gasteiger partial charge on any atom is -0.462 e. The fourth-order valence-electron chi connectivity index (χ4n) is 6.04. The number of anilines is 3. The van der Waals surface area contributed by atoms with Gasteiger partial charge in [0.05, 0.1) is 34.7 Å². The molecule has 226 valence electrons. The Hall–Kier alpha value is -3.22. The van der Waals surface area contributed by atoms with E-state index in [1.807, 2.05) is 4.90 Å². The van der Waals surface area contributed by atoms with Crippen molar-refractivity contribution in [3.8, 4) is 0 Å². The van der Waals surface area contributed by atoms with E-state index < -0.39 is 27.9 Å². The fourth-order valence-corrected chi connectivity index (χ4v) is 7.30. The summed E-state index contributed by atoms with van der Waals surface area (Å²) in [7, 11) is -3.93. The van der Waals surface area contributed by atoms with Crippen molar-refractivity contribution in [3.63, 3.8) is 0 Å². The van der Waals surface area contributed by atoms with Gasteiger partial charge in [-0.3, -0.25) is 4.79 Å². The first-order chi connectivity index (χ1) is 20.0. The van der Waals surface area contributed by atoms with Crippen LogP contribution in [0.2, 0.25) is 0 Å². The van der Waals surface area contributed by atoms with Gasteiger partial charge in [0.15, 0.2) is 5.58 Å². The number of hydrogen-bond acceptors (Lipinski definition) is 7. The Bertz CT molecular complexity index is 1580. The van der Waals surface area contributed by atoms with Gasteiger partial charge in [0.25, 0.3) is 11.8 Å². The van der Waals surface area contributed by atoms with Gasteiger partial charge in [-0.15, -0.1) is 0 Å². The highest BCUT2D eigenvalue weighted by molar-refractivity contribution is 7.89. The average Bonchev–Trinajstić information content (AvgIpc) is 3.54. The highest BCUT2D eigenvalue weighted by Gasteiger charge is 2.45. The van der Waals surface area contributed by atoms with Crippen LogP contribution in [-0.2, 0) is 10.0 Å². The molecule has 0 radical (unpaired) electrons. The summed E-state index contributed by atoms with van der Waals surface area (Å²) in [6.45, 7) is 2.99. The van der Waals surface area contributed by atoms with E-state index in [1.165, 1.54) is 37.3 Å². The third-order valence-corrected chi connectivity index (χ3v) is 10.5. The van der Waals surface area contributed by atoms with Gasteiger partial charge in [-0.1, -0.05) is 0 Å². The Morgan fingerprint density at radius 2 is 1.64 bits per heavy atom. The normalized spacial score (nSPS) is 20.6. The van der Waals surface area contributed by atoms with Gasteiger partial charge in [-0.05, 0) is 74.4 Å². The molecule has 1 atom stereocenters. The van der Waals surface area contributed by atoms with Crippen LogP contribution < -0.4 is 19.8 Å². The maximum atomic E-state index is 13.8. The van der Waals surface area contributed by atoms with Crippen molar-refractivity contribution in [2.45, 2.75) is 62.3 Å². The van der Waals surface area contributed by atoms with E-state index in [0.717, 1.165) is 31.3 Å². The first kappa shape index (κ1) is 28.9. The summed E-state index contributed by atoms with van der Waals surface area (Å²) in [5.41, 5.74) is 2.95. The second-order valence-corrected chi connectivity index (χ2v) is 13.7. The van der Waals surface area contributed by atoms with Crippen molar-refractivity contribution >= 4 is 44.0 Å². The molecule has 3 heterocycles. The number of alkyl halides is 2. The molecule has 3 aromatic rings. The maximum Gasteiger partial charge on any atom is 0.257 e. The number of halogens is 2. The van der Waals surface area contributed by atoms with Gasteiger partial charge >= 0.3 is 0 Å². The standard InChI is InChI=1S/C30H36F2N4O5S/c1-20(19-37)34-42(39,40)23-2-3-24(25(18-23)35-11-7-29(5-6-29)8-12-35)28(38)33-22-16-21-4-15-41-27(21)26(17-22)36-13-9-30(31,32)10-14-36/h2-4,15-18,20,34,37H,5-14,19H2,1H3,(H,33,38)/t20-/m1/s1. The lowest BCUT2D eigenvalue weighted by molar-refractivity contribution is -0.0220. The number of nitrogens with zero attached hydrogens (tertiary/aromatic N) is 2. The van der Waals surface area contributed by atoms with Crippen LogP contribution in [-0.4, -0.2) is 64.2 Å². The highest BCUT2D eigenvalue weighted by Crippen LogP contribution is 2.54. The summed E-state index contributed by atoms with van der Waals surface area (Å²) in [6.07, 6.45) is 5.41. The van der Waals surface area contributed by atoms with Crippen LogP contribution in [0.1, 0.15) is 55.8 Å². The molecule has 6 rings (SSSR count). The van der Waals surface area contributed by atoms with Crippen molar-refractivity contribution in [1.82, 2.24) is 4.72 Å². The van der Waals surface area contributed by atoms with Gasteiger partial charge in [-0.2, -0.15) is 0 Å². The number of hydrogen-bond donors (Lipinski definition) is 3. The zero-order valence-corrected chi connectivity index (χ0v) is 24.4. The summed E-state index contributed by atoms with van der Waals surface area (Å²) < 4.78 is 61.9. The third kappa shape index (κ3) is 5.84. The fraction of sp³-hybridized carbons (Fsp3) is 0.500. The van der Waals surface area contributed by atoms with E-state index in [-0.39, 0.29) is 37.4 Å². The molecule has 2 aliphatic heterocycles. The Labute approximate surface area is 243 Å². The molecule has 1 aromatic heterocycles. The summed E-state index contributed by atoms with van der Waals surface area (Å²) >= 11 is 0. The average molecular weight is 603 g/mol. The zero-order valence-electron chi connectivity index (χ0n) is 23.5. The summed E-state index contributed by atoms with van der Waals surface area (Å²) in [5.74, 6) is -3.10. The minimum absolute atomic E-state index is 0.0186. The molecule has 2 aromatic carbocycles. The van der Waals surface area contributed by atoms with Crippen molar-refractivity contribution < 1.29 is 31.5 Å². The number of aliphatic hydroxyl groups is 1. The Morgan fingerprint density at radius 1 is 0.976 bits per heavy atom. The number of sulfonamides is 1. The molecule has 1 saturated carbocycles. The topological polar surface area (TPSA) is 115 Å². The van der Waals surface area contributed by atoms with E-state index in [2.05, 4.69) is 14.9 Å². The molecule has 1 aliphatic carbocycles. The lowest BCUT2D eigenvalue weighted by Gasteiger charge is -2.35. The van der Waals surface area contributed by atoms with E-state index in [9.17, 15) is 27.1 Å². The van der Waals surface area contributed by atoms with Gasteiger partial charge < -0.3 is 24.6 Å².